The van der Waals surface area contributed by atoms with Crippen LogP contribution in [0, 0.1) is 0 Å². The van der Waals surface area contributed by atoms with Crippen molar-refractivity contribution in [1.82, 2.24) is 9.55 Å². The molecule has 2 rings (SSSR count). The van der Waals surface area contributed by atoms with Gasteiger partial charge >= 0.3 is 0 Å². The summed E-state index contributed by atoms with van der Waals surface area (Å²) < 4.78 is 3.33. The summed E-state index contributed by atoms with van der Waals surface area (Å²) in [5.41, 5.74) is 2.21. The van der Waals surface area contributed by atoms with E-state index in [1.807, 2.05) is 6.07 Å². The van der Waals surface area contributed by atoms with E-state index in [1.165, 1.54) is 0 Å². The Bertz CT molecular complexity index is 560. The van der Waals surface area contributed by atoms with Gasteiger partial charge in [-0.1, -0.05) is 29.3 Å². The molecule has 0 aliphatic carbocycles. The highest BCUT2D eigenvalue weighted by Gasteiger charge is 2.24. The van der Waals surface area contributed by atoms with Crippen molar-refractivity contribution in [3.8, 4) is 0 Å². The lowest BCUT2D eigenvalue weighted by Crippen LogP contribution is -2.27. The highest BCUT2D eigenvalue weighted by molar-refractivity contribution is 9.10. The summed E-state index contributed by atoms with van der Waals surface area (Å²) in [7, 11) is 0. The van der Waals surface area contributed by atoms with Crippen molar-refractivity contribution in [3.63, 3.8) is 0 Å². The lowest BCUT2D eigenvalue weighted by Gasteiger charge is -2.29. The Morgan fingerprint density at radius 3 is 2.72 bits per heavy atom. The predicted octanol–water partition coefficient (Wildman–Crippen LogP) is 5.07. The fraction of sp³-hybridized carbons (Fsp3) is 0.500. The smallest absolute Gasteiger partial charge is 0.125 e. The Balaban J connectivity index is 2.67. The molecule has 0 atom stereocenters. The lowest BCUT2D eigenvalue weighted by atomic mass is 9.98. The van der Waals surface area contributed by atoms with Crippen LogP contribution >= 0.6 is 27.5 Å². The third-order valence-corrected chi connectivity index (χ3v) is 4.00. The summed E-state index contributed by atoms with van der Waals surface area (Å²) >= 11 is 9.54. The Kier molecular flexibility index (Phi) is 4.02. The number of imidazole rings is 1. The van der Waals surface area contributed by atoms with Crippen LogP contribution in [0.4, 0.5) is 0 Å². The molecule has 0 saturated carbocycles. The molecule has 0 radical (unpaired) electrons. The van der Waals surface area contributed by atoms with Crippen molar-refractivity contribution in [2.75, 3.05) is 0 Å². The van der Waals surface area contributed by atoms with Crippen molar-refractivity contribution < 1.29 is 0 Å². The molecular formula is C14H18BrClN2. The first-order valence-electron chi connectivity index (χ1n) is 6.23. The normalized spacial score (nSPS) is 12.3. The summed E-state index contributed by atoms with van der Waals surface area (Å²) in [5.74, 6) is 1.39. The molecule has 0 aliphatic rings. The molecule has 98 valence electrons. The van der Waals surface area contributed by atoms with Crippen LogP contribution in [0.5, 0.6) is 0 Å². The van der Waals surface area contributed by atoms with Gasteiger partial charge in [-0.3, -0.25) is 0 Å². The van der Waals surface area contributed by atoms with Crippen molar-refractivity contribution in [2.45, 2.75) is 45.0 Å². The number of nitrogens with zero attached hydrogens (tertiary/aromatic N) is 2. The molecule has 18 heavy (non-hydrogen) atoms. The summed E-state index contributed by atoms with van der Waals surface area (Å²) in [6.45, 7) is 6.70. The van der Waals surface area contributed by atoms with Crippen molar-refractivity contribution in [3.05, 3.63) is 28.5 Å². The van der Waals surface area contributed by atoms with Gasteiger partial charge < -0.3 is 4.57 Å². The van der Waals surface area contributed by atoms with Gasteiger partial charge in [-0.15, -0.1) is 11.6 Å². The Morgan fingerprint density at radius 1 is 1.39 bits per heavy atom. The topological polar surface area (TPSA) is 17.8 Å². The molecule has 1 aromatic carbocycles. The van der Waals surface area contributed by atoms with Crippen LogP contribution in [-0.2, 0) is 11.4 Å². The molecule has 0 saturated heterocycles. The number of aromatic nitrogens is 2. The largest absolute Gasteiger partial charge is 0.321 e. The number of hydrogen-bond donors (Lipinski definition) is 0. The monoisotopic (exact) mass is 328 g/mol. The lowest BCUT2D eigenvalue weighted by molar-refractivity contribution is 0.326. The molecule has 2 nitrogen and oxygen atoms in total. The zero-order valence-corrected chi connectivity index (χ0v) is 13.3. The third-order valence-electron chi connectivity index (χ3n) is 3.27. The minimum Gasteiger partial charge on any atom is -0.321 e. The second-order valence-corrected chi connectivity index (χ2v) is 6.38. The summed E-state index contributed by atoms with van der Waals surface area (Å²) in [5, 5.41) is 0. The van der Waals surface area contributed by atoms with Crippen molar-refractivity contribution >= 4 is 38.6 Å². The fourth-order valence-electron chi connectivity index (χ4n) is 2.59. The number of halogens is 2. The van der Waals surface area contributed by atoms with Gasteiger partial charge in [0.15, 0.2) is 0 Å². The zero-order chi connectivity index (χ0) is 13.3. The maximum atomic E-state index is 6.05. The number of benzene rings is 1. The van der Waals surface area contributed by atoms with Crippen LogP contribution in [0.3, 0.4) is 0 Å². The maximum Gasteiger partial charge on any atom is 0.125 e. The van der Waals surface area contributed by atoms with Gasteiger partial charge in [0.1, 0.15) is 5.82 Å². The van der Waals surface area contributed by atoms with E-state index in [0.717, 1.165) is 34.2 Å². The molecule has 1 aromatic heterocycles. The molecule has 2 aromatic rings. The number of fused-ring (bicyclic) bond motifs is 1. The van der Waals surface area contributed by atoms with Crippen molar-refractivity contribution in [1.29, 1.82) is 0 Å². The highest BCUT2D eigenvalue weighted by Crippen LogP contribution is 2.31. The van der Waals surface area contributed by atoms with Crippen LogP contribution < -0.4 is 0 Å². The van der Waals surface area contributed by atoms with Gasteiger partial charge in [0, 0.05) is 10.0 Å². The van der Waals surface area contributed by atoms with Gasteiger partial charge in [0.25, 0.3) is 0 Å². The van der Waals surface area contributed by atoms with E-state index >= 15 is 0 Å². The van der Waals surface area contributed by atoms with Crippen LogP contribution in [0.25, 0.3) is 11.0 Å². The van der Waals surface area contributed by atoms with Gasteiger partial charge in [-0.2, -0.15) is 0 Å². The average molecular weight is 330 g/mol. The van der Waals surface area contributed by atoms with Gasteiger partial charge in [-0.25, -0.2) is 4.98 Å². The molecule has 0 bridgehead atoms. The Hall–Kier alpha value is -0.540. The fourth-order valence-corrected chi connectivity index (χ4v) is 3.12. The van der Waals surface area contributed by atoms with E-state index < -0.39 is 0 Å². The van der Waals surface area contributed by atoms with E-state index in [-0.39, 0.29) is 5.54 Å². The molecular weight excluding hydrogens is 312 g/mol. The Labute approximate surface area is 121 Å². The second kappa shape index (κ2) is 5.22. The van der Waals surface area contributed by atoms with Gasteiger partial charge in [0.05, 0.1) is 16.9 Å². The first-order chi connectivity index (χ1) is 8.49. The van der Waals surface area contributed by atoms with Crippen LogP contribution in [-0.4, -0.2) is 9.55 Å². The molecule has 0 spiro atoms. The van der Waals surface area contributed by atoms with E-state index in [4.69, 9.17) is 11.6 Å². The minimum absolute atomic E-state index is 0.0432. The number of rotatable bonds is 4. The number of hydrogen-bond acceptors (Lipinski definition) is 1. The van der Waals surface area contributed by atoms with E-state index in [9.17, 15) is 0 Å². The second-order valence-electron chi connectivity index (χ2n) is 5.19. The van der Waals surface area contributed by atoms with Crippen molar-refractivity contribution in [2.24, 2.45) is 0 Å². The summed E-state index contributed by atoms with van der Waals surface area (Å²) in [6, 6.07) is 6.21. The Morgan fingerprint density at radius 2 is 2.11 bits per heavy atom. The van der Waals surface area contributed by atoms with E-state index in [2.05, 4.69) is 58.4 Å². The molecule has 0 unspecified atom stereocenters. The van der Waals surface area contributed by atoms with Crippen LogP contribution in [0.15, 0.2) is 22.7 Å². The van der Waals surface area contributed by atoms with Crippen LogP contribution in [0.1, 0.15) is 39.4 Å². The average Bonchev–Trinajstić information content (AvgIpc) is 2.66. The highest BCUT2D eigenvalue weighted by atomic mass is 79.9. The first-order valence-corrected chi connectivity index (χ1v) is 7.55. The standard InChI is InChI=1S/C14H18BrClN2/c1-4-7-14(2,3)18-12-6-5-10(15)8-11(12)17-13(18)9-16/h5-6,8H,4,7,9H2,1-3H3. The predicted molar refractivity (Wildman–Crippen MR) is 81.2 cm³/mol. The van der Waals surface area contributed by atoms with Gasteiger partial charge in [-0.05, 0) is 38.5 Å². The molecule has 0 amide bonds. The third kappa shape index (κ3) is 2.43. The molecule has 1 heterocycles. The van der Waals surface area contributed by atoms with E-state index in [1.54, 1.807) is 0 Å². The van der Waals surface area contributed by atoms with Gasteiger partial charge in [0.2, 0.25) is 0 Å². The summed E-state index contributed by atoms with van der Waals surface area (Å²) in [6.07, 6.45) is 2.25. The number of alkyl halides is 1. The molecule has 4 heteroatoms. The summed E-state index contributed by atoms with van der Waals surface area (Å²) in [4.78, 5) is 4.64. The molecule has 0 aliphatic heterocycles. The molecule has 0 fully saturated rings. The zero-order valence-electron chi connectivity index (χ0n) is 11.0. The van der Waals surface area contributed by atoms with E-state index in [0.29, 0.717) is 5.88 Å². The SMILES string of the molecule is CCCC(C)(C)n1c(CCl)nc2cc(Br)ccc21. The first kappa shape index (κ1) is 13.9. The minimum atomic E-state index is 0.0432. The quantitative estimate of drug-likeness (QED) is 0.716. The maximum absolute atomic E-state index is 6.05. The molecule has 0 N–H and O–H groups in total. The van der Waals surface area contributed by atoms with Crippen LogP contribution in [0.2, 0.25) is 0 Å².